The molecule has 0 atom stereocenters. The third-order valence-electron chi connectivity index (χ3n) is 1.80. The van der Waals surface area contributed by atoms with Gasteiger partial charge in [0, 0.05) is 0 Å². The summed E-state index contributed by atoms with van der Waals surface area (Å²) in [6, 6.07) is 3.92. The van der Waals surface area contributed by atoms with Crippen LogP contribution in [0.25, 0.3) is 0 Å². The molecule has 0 spiro atoms. The van der Waals surface area contributed by atoms with E-state index in [4.69, 9.17) is 5.26 Å². The summed E-state index contributed by atoms with van der Waals surface area (Å²) in [6.45, 7) is 0. The minimum Gasteiger partial charge on any atom is -0.494 e. The second-order valence-electron chi connectivity index (χ2n) is 2.64. The Morgan fingerprint density at radius 3 is 2.60 bits per heavy atom. The SMILES string of the molecule is COC(=O)c1cc(C#N)c(F)c(OC)c1. The minimum atomic E-state index is -0.785. The highest BCUT2D eigenvalue weighted by atomic mass is 19.1. The molecule has 4 nitrogen and oxygen atoms in total. The quantitative estimate of drug-likeness (QED) is 0.692. The van der Waals surface area contributed by atoms with E-state index in [0.717, 1.165) is 6.07 Å². The van der Waals surface area contributed by atoms with Crippen molar-refractivity contribution in [1.29, 1.82) is 5.26 Å². The van der Waals surface area contributed by atoms with Crippen LogP contribution in [0.3, 0.4) is 0 Å². The molecule has 0 fully saturated rings. The molecule has 0 aromatic heterocycles. The van der Waals surface area contributed by atoms with E-state index in [0.29, 0.717) is 0 Å². The first-order chi connectivity index (χ1) is 7.13. The Kier molecular flexibility index (Phi) is 3.24. The Balaban J connectivity index is 3.34. The van der Waals surface area contributed by atoms with Crippen LogP contribution in [0.5, 0.6) is 5.75 Å². The van der Waals surface area contributed by atoms with Crippen molar-refractivity contribution in [2.75, 3.05) is 14.2 Å². The lowest BCUT2D eigenvalue weighted by Gasteiger charge is -2.05. The van der Waals surface area contributed by atoms with Gasteiger partial charge in [-0.25, -0.2) is 9.18 Å². The monoisotopic (exact) mass is 209 g/mol. The summed E-state index contributed by atoms with van der Waals surface area (Å²) in [5.74, 6) is -1.59. The molecule has 0 bridgehead atoms. The number of halogens is 1. The highest BCUT2D eigenvalue weighted by Crippen LogP contribution is 2.22. The molecule has 1 rings (SSSR count). The Bertz CT molecular complexity index is 437. The van der Waals surface area contributed by atoms with Gasteiger partial charge in [0.25, 0.3) is 0 Å². The van der Waals surface area contributed by atoms with Crippen molar-refractivity contribution < 1.29 is 18.7 Å². The van der Waals surface area contributed by atoms with Crippen molar-refractivity contribution >= 4 is 5.97 Å². The number of nitriles is 1. The smallest absolute Gasteiger partial charge is 0.338 e. The van der Waals surface area contributed by atoms with Gasteiger partial charge in [-0.15, -0.1) is 0 Å². The van der Waals surface area contributed by atoms with E-state index in [9.17, 15) is 9.18 Å². The summed E-state index contributed by atoms with van der Waals surface area (Å²) in [4.78, 5) is 11.2. The van der Waals surface area contributed by atoms with Crippen LogP contribution < -0.4 is 4.74 Å². The van der Waals surface area contributed by atoms with Crippen molar-refractivity contribution in [3.8, 4) is 11.8 Å². The van der Waals surface area contributed by atoms with Crippen LogP contribution in [0.15, 0.2) is 12.1 Å². The van der Waals surface area contributed by atoms with E-state index >= 15 is 0 Å². The number of carbonyl (C=O) groups is 1. The lowest BCUT2D eigenvalue weighted by Crippen LogP contribution is -2.04. The fourth-order valence-electron chi connectivity index (χ4n) is 1.06. The van der Waals surface area contributed by atoms with Crippen LogP contribution in [-0.4, -0.2) is 20.2 Å². The van der Waals surface area contributed by atoms with Gasteiger partial charge in [-0.3, -0.25) is 0 Å². The number of nitrogens with zero attached hydrogens (tertiary/aromatic N) is 1. The average Bonchev–Trinajstić information content (AvgIpc) is 2.28. The fourth-order valence-corrected chi connectivity index (χ4v) is 1.06. The van der Waals surface area contributed by atoms with Gasteiger partial charge < -0.3 is 9.47 Å². The molecule has 0 aliphatic rings. The molecule has 5 heteroatoms. The topological polar surface area (TPSA) is 59.3 Å². The lowest BCUT2D eigenvalue weighted by molar-refractivity contribution is 0.0600. The van der Waals surface area contributed by atoms with Crippen molar-refractivity contribution in [1.82, 2.24) is 0 Å². The predicted molar refractivity (Wildman–Crippen MR) is 49.0 cm³/mol. The molecule has 0 unspecified atom stereocenters. The maximum absolute atomic E-state index is 13.3. The number of rotatable bonds is 2. The maximum Gasteiger partial charge on any atom is 0.338 e. The molecular formula is C10H8FNO3. The van der Waals surface area contributed by atoms with Gasteiger partial charge in [-0.2, -0.15) is 5.26 Å². The Morgan fingerprint density at radius 1 is 1.47 bits per heavy atom. The highest BCUT2D eigenvalue weighted by molar-refractivity contribution is 5.90. The second kappa shape index (κ2) is 4.42. The Hall–Kier alpha value is -2.09. The Labute approximate surface area is 85.8 Å². The third kappa shape index (κ3) is 2.05. The van der Waals surface area contributed by atoms with Gasteiger partial charge in [0.2, 0.25) is 0 Å². The number of methoxy groups -OCH3 is 2. The summed E-state index contributed by atoms with van der Waals surface area (Å²) < 4.78 is 22.5. The zero-order chi connectivity index (χ0) is 11.4. The molecule has 0 amide bonds. The molecule has 0 saturated heterocycles. The lowest BCUT2D eigenvalue weighted by atomic mass is 10.1. The van der Waals surface area contributed by atoms with Crippen LogP contribution in [0.2, 0.25) is 0 Å². The van der Waals surface area contributed by atoms with Crippen molar-refractivity contribution in [2.45, 2.75) is 0 Å². The first kappa shape index (κ1) is 11.0. The average molecular weight is 209 g/mol. The standard InChI is InChI=1S/C10H8FNO3/c1-14-8-4-6(10(13)15-2)3-7(5-12)9(8)11/h3-4H,1-2H3. The molecule has 0 heterocycles. The van der Waals surface area contributed by atoms with Crippen molar-refractivity contribution in [3.05, 3.63) is 29.1 Å². The first-order valence-electron chi connectivity index (χ1n) is 4.00. The van der Waals surface area contributed by atoms with Crippen molar-refractivity contribution in [2.24, 2.45) is 0 Å². The molecule has 0 radical (unpaired) electrons. The largest absolute Gasteiger partial charge is 0.494 e. The summed E-state index contributed by atoms with van der Waals surface area (Å²) in [5.41, 5.74) is -0.179. The summed E-state index contributed by atoms with van der Waals surface area (Å²) >= 11 is 0. The van der Waals surface area contributed by atoms with Crippen LogP contribution in [0, 0.1) is 17.1 Å². The molecule has 0 saturated carbocycles. The number of hydrogen-bond acceptors (Lipinski definition) is 4. The molecule has 1 aromatic carbocycles. The van der Waals surface area contributed by atoms with Crippen LogP contribution in [0.1, 0.15) is 15.9 Å². The molecule has 15 heavy (non-hydrogen) atoms. The summed E-state index contributed by atoms with van der Waals surface area (Å²) in [6.07, 6.45) is 0. The van der Waals surface area contributed by atoms with Gasteiger partial charge in [-0.1, -0.05) is 0 Å². The summed E-state index contributed by atoms with van der Waals surface area (Å²) in [5, 5.41) is 8.62. The van der Waals surface area contributed by atoms with Crippen LogP contribution >= 0.6 is 0 Å². The molecule has 78 valence electrons. The zero-order valence-corrected chi connectivity index (χ0v) is 8.20. The number of hydrogen-bond donors (Lipinski definition) is 0. The Morgan fingerprint density at radius 2 is 2.13 bits per heavy atom. The summed E-state index contributed by atoms with van der Waals surface area (Å²) in [7, 11) is 2.45. The third-order valence-corrected chi connectivity index (χ3v) is 1.80. The molecule has 0 aliphatic heterocycles. The number of ether oxygens (including phenoxy) is 2. The minimum absolute atomic E-state index is 0.0762. The molecule has 0 N–H and O–H groups in total. The van der Waals surface area contributed by atoms with Crippen molar-refractivity contribution in [3.63, 3.8) is 0 Å². The number of carbonyl (C=O) groups excluding carboxylic acids is 1. The van der Waals surface area contributed by atoms with Gasteiger partial charge in [0.1, 0.15) is 6.07 Å². The normalized spacial score (nSPS) is 9.20. The van der Waals surface area contributed by atoms with Gasteiger partial charge in [0.05, 0.1) is 25.3 Å². The van der Waals surface area contributed by atoms with E-state index in [1.54, 1.807) is 6.07 Å². The predicted octanol–water partition coefficient (Wildman–Crippen LogP) is 1.49. The van der Waals surface area contributed by atoms with Crippen LogP contribution in [0.4, 0.5) is 4.39 Å². The van der Waals surface area contributed by atoms with Gasteiger partial charge in [0.15, 0.2) is 11.6 Å². The van der Waals surface area contributed by atoms with E-state index in [-0.39, 0.29) is 16.9 Å². The van der Waals surface area contributed by atoms with Crippen LogP contribution in [-0.2, 0) is 4.74 Å². The number of esters is 1. The fraction of sp³-hybridized carbons (Fsp3) is 0.200. The first-order valence-corrected chi connectivity index (χ1v) is 4.00. The molecular weight excluding hydrogens is 201 g/mol. The maximum atomic E-state index is 13.3. The van der Waals surface area contributed by atoms with E-state index in [1.807, 2.05) is 0 Å². The van der Waals surface area contributed by atoms with Gasteiger partial charge in [-0.05, 0) is 12.1 Å². The molecule has 0 aliphatic carbocycles. The van der Waals surface area contributed by atoms with E-state index in [2.05, 4.69) is 9.47 Å². The second-order valence-corrected chi connectivity index (χ2v) is 2.64. The zero-order valence-electron chi connectivity index (χ0n) is 8.20. The number of benzene rings is 1. The highest BCUT2D eigenvalue weighted by Gasteiger charge is 2.15. The van der Waals surface area contributed by atoms with E-state index in [1.165, 1.54) is 20.3 Å². The van der Waals surface area contributed by atoms with Gasteiger partial charge >= 0.3 is 5.97 Å². The van der Waals surface area contributed by atoms with E-state index < -0.39 is 11.8 Å². The molecule has 1 aromatic rings.